The van der Waals surface area contributed by atoms with E-state index in [0.29, 0.717) is 18.8 Å². The molecule has 130 valence electrons. The third-order valence-corrected chi connectivity index (χ3v) is 4.77. The van der Waals surface area contributed by atoms with Crippen molar-refractivity contribution in [2.24, 2.45) is 7.05 Å². The number of methoxy groups -OCH3 is 1. The molecule has 7 heteroatoms. The molecule has 0 aliphatic carbocycles. The maximum atomic E-state index is 12.8. The van der Waals surface area contributed by atoms with Crippen molar-refractivity contribution >= 4 is 17.2 Å². The maximum absolute atomic E-state index is 12.8. The minimum atomic E-state index is -0.0651. The number of hydrogen-bond donors (Lipinski definition) is 0. The standard InChI is InChI=1S/C18H20N4O2S/c1-4-22(10-13-5-7-15(24-3)8-6-13)18(23)16-12-25-17(20-16)14-9-19-21(2)11-14/h5-9,11-12H,4,10H2,1-3H3. The molecule has 25 heavy (non-hydrogen) atoms. The molecule has 0 spiro atoms. The van der Waals surface area contributed by atoms with Gasteiger partial charge in [0.2, 0.25) is 0 Å². The van der Waals surface area contributed by atoms with Crippen LogP contribution in [0.1, 0.15) is 23.0 Å². The summed E-state index contributed by atoms with van der Waals surface area (Å²) in [7, 11) is 3.50. The zero-order valence-electron chi connectivity index (χ0n) is 14.5. The fourth-order valence-corrected chi connectivity index (χ4v) is 3.25. The van der Waals surface area contributed by atoms with Crippen LogP contribution in [-0.2, 0) is 13.6 Å². The van der Waals surface area contributed by atoms with E-state index in [1.54, 1.807) is 28.3 Å². The zero-order valence-corrected chi connectivity index (χ0v) is 15.3. The molecule has 1 aromatic carbocycles. The van der Waals surface area contributed by atoms with E-state index in [9.17, 15) is 4.79 Å². The van der Waals surface area contributed by atoms with Crippen molar-refractivity contribution < 1.29 is 9.53 Å². The number of carbonyl (C=O) groups is 1. The molecule has 0 aliphatic heterocycles. The Morgan fingerprint density at radius 2 is 2.08 bits per heavy atom. The highest BCUT2D eigenvalue weighted by Gasteiger charge is 2.18. The molecule has 0 bridgehead atoms. The fraction of sp³-hybridized carbons (Fsp3) is 0.278. The predicted octanol–water partition coefficient (Wildman–Crippen LogP) is 3.21. The minimum absolute atomic E-state index is 0.0651. The number of amides is 1. The molecule has 0 radical (unpaired) electrons. The number of rotatable bonds is 6. The summed E-state index contributed by atoms with van der Waals surface area (Å²) in [5.41, 5.74) is 2.45. The highest BCUT2D eigenvalue weighted by atomic mass is 32.1. The summed E-state index contributed by atoms with van der Waals surface area (Å²) in [5, 5.41) is 6.76. The van der Waals surface area contributed by atoms with Crippen molar-refractivity contribution in [2.45, 2.75) is 13.5 Å². The number of aromatic nitrogens is 3. The molecule has 0 unspecified atom stereocenters. The van der Waals surface area contributed by atoms with Gasteiger partial charge >= 0.3 is 0 Å². The first-order chi connectivity index (χ1) is 12.1. The molecule has 0 aliphatic rings. The molecular weight excluding hydrogens is 336 g/mol. The van der Waals surface area contributed by atoms with E-state index in [4.69, 9.17) is 4.74 Å². The second-order valence-electron chi connectivity index (χ2n) is 5.61. The summed E-state index contributed by atoms with van der Waals surface area (Å²) in [5.74, 6) is 0.739. The summed E-state index contributed by atoms with van der Waals surface area (Å²) in [4.78, 5) is 19.0. The van der Waals surface area contributed by atoms with Crippen molar-refractivity contribution in [3.63, 3.8) is 0 Å². The van der Waals surface area contributed by atoms with E-state index in [2.05, 4.69) is 10.1 Å². The van der Waals surface area contributed by atoms with Crippen molar-refractivity contribution in [3.05, 3.63) is 53.3 Å². The number of ether oxygens (including phenoxy) is 1. The van der Waals surface area contributed by atoms with Crippen LogP contribution in [-0.4, -0.2) is 39.2 Å². The molecule has 0 saturated carbocycles. The maximum Gasteiger partial charge on any atom is 0.273 e. The third kappa shape index (κ3) is 3.88. The van der Waals surface area contributed by atoms with E-state index < -0.39 is 0 Å². The summed E-state index contributed by atoms with van der Waals surface area (Å²) >= 11 is 1.45. The number of nitrogens with zero attached hydrogens (tertiary/aromatic N) is 4. The third-order valence-electron chi connectivity index (χ3n) is 3.88. The molecular formula is C18H20N4O2S. The summed E-state index contributed by atoms with van der Waals surface area (Å²) in [6.07, 6.45) is 3.64. The Kier molecular flexibility index (Phi) is 5.14. The SMILES string of the molecule is CCN(Cc1ccc(OC)cc1)C(=O)c1csc(-c2cnn(C)c2)n1. The Hall–Kier alpha value is -2.67. The van der Waals surface area contributed by atoms with Crippen LogP contribution in [0.15, 0.2) is 42.0 Å². The van der Waals surface area contributed by atoms with Crippen LogP contribution < -0.4 is 4.74 Å². The van der Waals surface area contributed by atoms with Gasteiger partial charge < -0.3 is 9.64 Å². The van der Waals surface area contributed by atoms with Gasteiger partial charge in [-0.05, 0) is 24.6 Å². The minimum Gasteiger partial charge on any atom is -0.497 e. The Bertz CT molecular complexity index is 854. The molecule has 0 saturated heterocycles. The van der Waals surface area contributed by atoms with E-state index in [1.807, 2.05) is 44.4 Å². The zero-order chi connectivity index (χ0) is 17.8. The fourth-order valence-electron chi connectivity index (χ4n) is 2.48. The summed E-state index contributed by atoms with van der Waals surface area (Å²) in [6.45, 7) is 3.12. The normalized spacial score (nSPS) is 10.7. The molecule has 3 rings (SSSR count). The highest BCUT2D eigenvalue weighted by Crippen LogP contribution is 2.24. The Balaban J connectivity index is 1.74. The number of carbonyl (C=O) groups excluding carboxylic acids is 1. The predicted molar refractivity (Wildman–Crippen MR) is 97.7 cm³/mol. The lowest BCUT2D eigenvalue weighted by molar-refractivity contribution is 0.0747. The molecule has 0 atom stereocenters. The van der Waals surface area contributed by atoms with Crippen LogP contribution in [0.2, 0.25) is 0 Å². The van der Waals surface area contributed by atoms with Crippen LogP contribution in [0.5, 0.6) is 5.75 Å². The lowest BCUT2D eigenvalue weighted by atomic mass is 10.2. The lowest BCUT2D eigenvalue weighted by Crippen LogP contribution is -2.30. The summed E-state index contributed by atoms with van der Waals surface area (Å²) in [6, 6.07) is 7.74. The quantitative estimate of drug-likeness (QED) is 0.680. The van der Waals surface area contributed by atoms with Crippen molar-refractivity contribution in [2.75, 3.05) is 13.7 Å². The number of thiazole rings is 1. The van der Waals surface area contributed by atoms with Gasteiger partial charge in [0.25, 0.3) is 5.91 Å². The van der Waals surface area contributed by atoms with Crippen LogP contribution in [0.4, 0.5) is 0 Å². The Morgan fingerprint density at radius 3 is 2.68 bits per heavy atom. The first-order valence-electron chi connectivity index (χ1n) is 7.97. The van der Waals surface area contributed by atoms with Crippen LogP contribution in [0, 0.1) is 0 Å². The van der Waals surface area contributed by atoms with Crippen molar-refractivity contribution in [1.82, 2.24) is 19.7 Å². The second kappa shape index (κ2) is 7.48. The average Bonchev–Trinajstić information content (AvgIpc) is 3.28. The van der Waals surface area contributed by atoms with Gasteiger partial charge in [-0.15, -0.1) is 11.3 Å². The largest absolute Gasteiger partial charge is 0.497 e. The van der Waals surface area contributed by atoms with Gasteiger partial charge in [-0.25, -0.2) is 4.98 Å². The molecule has 1 amide bonds. The Labute approximate surface area is 150 Å². The van der Waals surface area contributed by atoms with E-state index in [1.165, 1.54) is 11.3 Å². The van der Waals surface area contributed by atoms with Gasteiger partial charge in [0.1, 0.15) is 16.5 Å². The number of benzene rings is 1. The smallest absolute Gasteiger partial charge is 0.273 e. The monoisotopic (exact) mass is 356 g/mol. The van der Waals surface area contributed by atoms with Gasteiger partial charge in [-0.2, -0.15) is 5.10 Å². The lowest BCUT2D eigenvalue weighted by Gasteiger charge is -2.20. The van der Waals surface area contributed by atoms with Gasteiger partial charge in [-0.1, -0.05) is 12.1 Å². The van der Waals surface area contributed by atoms with Gasteiger partial charge in [0, 0.05) is 37.3 Å². The first-order valence-corrected chi connectivity index (χ1v) is 8.85. The van der Waals surface area contributed by atoms with Crippen molar-refractivity contribution in [1.29, 1.82) is 0 Å². The van der Waals surface area contributed by atoms with E-state index in [-0.39, 0.29) is 5.91 Å². The van der Waals surface area contributed by atoms with E-state index >= 15 is 0 Å². The number of aryl methyl sites for hydroxylation is 1. The molecule has 0 fully saturated rings. The molecule has 2 heterocycles. The summed E-state index contributed by atoms with van der Waals surface area (Å²) < 4.78 is 6.89. The van der Waals surface area contributed by atoms with Gasteiger partial charge in [0.15, 0.2) is 0 Å². The average molecular weight is 356 g/mol. The topological polar surface area (TPSA) is 60.2 Å². The first kappa shape index (κ1) is 17.2. The molecule has 0 N–H and O–H groups in total. The second-order valence-corrected chi connectivity index (χ2v) is 6.47. The van der Waals surface area contributed by atoms with Crippen molar-refractivity contribution in [3.8, 4) is 16.3 Å². The molecule has 6 nitrogen and oxygen atoms in total. The van der Waals surface area contributed by atoms with Gasteiger partial charge in [-0.3, -0.25) is 9.48 Å². The van der Waals surface area contributed by atoms with Crippen LogP contribution >= 0.6 is 11.3 Å². The van der Waals surface area contributed by atoms with Gasteiger partial charge in [0.05, 0.1) is 13.3 Å². The highest BCUT2D eigenvalue weighted by molar-refractivity contribution is 7.13. The van der Waals surface area contributed by atoms with Crippen LogP contribution in [0.3, 0.4) is 0 Å². The molecule has 2 aromatic heterocycles. The van der Waals surface area contributed by atoms with E-state index in [0.717, 1.165) is 21.9 Å². The Morgan fingerprint density at radius 1 is 1.32 bits per heavy atom. The molecule has 3 aromatic rings. The van der Waals surface area contributed by atoms with Crippen LogP contribution in [0.25, 0.3) is 10.6 Å². The number of hydrogen-bond acceptors (Lipinski definition) is 5.